The van der Waals surface area contributed by atoms with Crippen LogP contribution < -0.4 is 10.6 Å². The minimum atomic E-state index is -0.631. The van der Waals surface area contributed by atoms with Gasteiger partial charge >= 0.3 is 5.97 Å². The standard InChI is InChI=1S/C17H15Cl2N3O5/c18-11-5-6-12(19)14(9-11)21-16(23)10-27-17(24)7-8-20-13-3-1-2-4-15(13)22(25)26/h1-6,9,20H,7-8,10H2,(H,21,23). The summed E-state index contributed by atoms with van der Waals surface area (Å²) in [6, 6.07) is 10.6. The minimum absolute atomic E-state index is 0.0722. The van der Waals surface area contributed by atoms with Crippen molar-refractivity contribution in [3.63, 3.8) is 0 Å². The van der Waals surface area contributed by atoms with Gasteiger partial charge in [-0.25, -0.2) is 0 Å². The van der Waals surface area contributed by atoms with Crippen molar-refractivity contribution in [3.8, 4) is 0 Å². The molecule has 27 heavy (non-hydrogen) atoms. The summed E-state index contributed by atoms with van der Waals surface area (Å²) in [5.74, 6) is -1.20. The number of amides is 1. The lowest BCUT2D eigenvalue weighted by Gasteiger charge is -2.09. The highest BCUT2D eigenvalue weighted by Crippen LogP contribution is 2.25. The Bertz CT molecular complexity index is 860. The zero-order chi connectivity index (χ0) is 19.8. The number of carbonyl (C=O) groups excluding carboxylic acids is 2. The molecule has 0 spiro atoms. The Kier molecular flexibility index (Phi) is 7.39. The number of hydrogen-bond acceptors (Lipinski definition) is 6. The second-order valence-electron chi connectivity index (χ2n) is 5.28. The first-order valence-electron chi connectivity index (χ1n) is 7.74. The maximum Gasteiger partial charge on any atom is 0.308 e. The first kappa shape index (κ1) is 20.5. The summed E-state index contributed by atoms with van der Waals surface area (Å²) in [5.41, 5.74) is 0.510. The highest BCUT2D eigenvalue weighted by atomic mass is 35.5. The van der Waals surface area contributed by atoms with Crippen molar-refractivity contribution < 1.29 is 19.2 Å². The number of nitrogens with one attached hydrogen (secondary N) is 2. The lowest BCUT2D eigenvalue weighted by Crippen LogP contribution is -2.22. The molecule has 0 radical (unpaired) electrons. The molecule has 2 aromatic rings. The molecule has 0 bridgehead atoms. The van der Waals surface area contributed by atoms with Crippen LogP contribution in [-0.4, -0.2) is 30.0 Å². The van der Waals surface area contributed by atoms with Crippen molar-refractivity contribution in [2.24, 2.45) is 0 Å². The highest BCUT2D eigenvalue weighted by molar-refractivity contribution is 6.35. The Morgan fingerprint density at radius 2 is 1.85 bits per heavy atom. The molecule has 10 heteroatoms. The molecule has 2 N–H and O–H groups in total. The highest BCUT2D eigenvalue weighted by Gasteiger charge is 2.13. The summed E-state index contributed by atoms with van der Waals surface area (Å²) in [7, 11) is 0. The second-order valence-corrected chi connectivity index (χ2v) is 6.13. The summed E-state index contributed by atoms with van der Waals surface area (Å²) in [6.45, 7) is -0.376. The Morgan fingerprint density at radius 3 is 2.59 bits per heavy atom. The summed E-state index contributed by atoms with van der Waals surface area (Å²) in [5, 5.41) is 16.9. The van der Waals surface area contributed by atoms with E-state index in [1.165, 1.54) is 24.3 Å². The second kappa shape index (κ2) is 9.75. The molecule has 0 saturated carbocycles. The normalized spacial score (nSPS) is 10.1. The van der Waals surface area contributed by atoms with Crippen LogP contribution in [0.3, 0.4) is 0 Å². The average Bonchev–Trinajstić information content (AvgIpc) is 2.63. The van der Waals surface area contributed by atoms with Crippen LogP contribution in [0.2, 0.25) is 10.0 Å². The molecular weight excluding hydrogens is 397 g/mol. The van der Waals surface area contributed by atoms with Crippen molar-refractivity contribution in [1.29, 1.82) is 0 Å². The van der Waals surface area contributed by atoms with Crippen LogP contribution in [0.15, 0.2) is 42.5 Å². The number of rotatable bonds is 8. The molecule has 142 valence electrons. The smallest absolute Gasteiger partial charge is 0.308 e. The summed E-state index contributed by atoms with van der Waals surface area (Å²) in [4.78, 5) is 33.9. The average molecular weight is 412 g/mol. The van der Waals surface area contributed by atoms with E-state index in [2.05, 4.69) is 10.6 Å². The topological polar surface area (TPSA) is 111 Å². The van der Waals surface area contributed by atoms with E-state index in [1.54, 1.807) is 18.2 Å². The Labute approximate surface area is 164 Å². The third-order valence-electron chi connectivity index (χ3n) is 3.31. The van der Waals surface area contributed by atoms with E-state index < -0.39 is 23.4 Å². The SMILES string of the molecule is O=C(COC(=O)CCNc1ccccc1[N+](=O)[O-])Nc1cc(Cl)ccc1Cl. The van der Waals surface area contributed by atoms with Gasteiger partial charge in [-0.3, -0.25) is 19.7 Å². The molecule has 0 saturated heterocycles. The molecule has 1 amide bonds. The number of nitro benzene ring substituents is 1. The van der Waals surface area contributed by atoms with Gasteiger partial charge in [-0.1, -0.05) is 35.3 Å². The number of hydrogen-bond donors (Lipinski definition) is 2. The number of para-hydroxylation sites is 2. The van der Waals surface area contributed by atoms with E-state index in [0.717, 1.165) is 0 Å². The van der Waals surface area contributed by atoms with Gasteiger partial charge in [0.25, 0.3) is 11.6 Å². The summed E-state index contributed by atoms with van der Waals surface area (Å²) >= 11 is 11.7. The van der Waals surface area contributed by atoms with Gasteiger partial charge in [0, 0.05) is 17.6 Å². The van der Waals surface area contributed by atoms with E-state index in [4.69, 9.17) is 27.9 Å². The Balaban J connectivity index is 1.75. The molecule has 2 aromatic carbocycles. The Hall–Kier alpha value is -2.84. The molecule has 2 rings (SSSR count). The largest absolute Gasteiger partial charge is 0.456 e. The fraction of sp³-hybridized carbons (Fsp3) is 0.176. The number of ether oxygens (including phenoxy) is 1. The molecular formula is C17H15Cl2N3O5. The van der Waals surface area contributed by atoms with E-state index in [1.807, 2.05) is 0 Å². The summed E-state index contributed by atoms with van der Waals surface area (Å²) < 4.78 is 4.86. The molecule has 0 fully saturated rings. The van der Waals surface area contributed by atoms with Crippen molar-refractivity contribution in [2.45, 2.75) is 6.42 Å². The number of nitro groups is 1. The number of nitrogens with zero attached hydrogens (tertiary/aromatic N) is 1. The van der Waals surface area contributed by atoms with Crippen LogP contribution >= 0.6 is 23.2 Å². The lowest BCUT2D eigenvalue weighted by atomic mass is 10.2. The maximum absolute atomic E-state index is 11.8. The van der Waals surface area contributed by atoms with Gasteiger partial charge in [0.15, 0.2) is 6.61 Å². The van der Waals surface area contributed by atoms with Gasteiger partial charge in [-0.2, -0.15) is 0 Å². The predicted octanol–water partition coefficient (Wildman–Crippen LogP) is 3.89. The zero-order valence-corrected chi connectivity index (χ0v) is 15.4. The van der Waals surface area contributed by atoms with Gasteiger partial charge in [-0.05, 0) is 24.3 Å². The first-order valence-corrected chi connectivity index (χ1v) is 8.50. The fourth-order valence-electron chi connectivity index (χ4n) is 2.08. The van der Waals surface area contributed by atoms with Gasteiger partial charge in [0.2, 0.25) is 0 Å². The third kappa shape index (κ3) is 6.43. The van der Waals surface area contributed by atoms with Crippen molar-refractivity contribution >= 4 is 52.1 Å². The van der Waals surface area contributed by atoms with Crippen molar-refractivity contribution in [1.82, 2.24) is 0 Å². The van der Waals surface area contributed by atoms with Gasteiger partial charge in [-0.15, -0.1) is 0 Å². The number of halogens is 2. The first-order chi connectivity index (χ1) is 12.9. The van der Waals surface area contributed by atoms with E-state index >= 15 is 0 Å². The quantitative estimate of drug-likeness (QED) is 0.387. The van der Waals surface area contributed by atoms with Crippen molar-refractivity contribution in [3.05, 3.63) is 62.6 Å². The number of anilines is 2. The lowest BCUT2D eigenvalue weighted by molar-refractivity contribution is -0.384. The minimum Gasteiger partial charge on any atom is -0.456 e. The van der Waals surface area contributed by atoms with E-state index in [0.29, 0.717) is 21.4 Å². The monoisotopic (exact) mass is 411 g/mol. The predicted molar refractivity (Wildman–Crippen MR) is 102 cm³/mol. The van der Waals surface area contributed by atoms with E-state index in [9.17, 15) is 19.7 Å². The third-order valence-corrected chi connectivity index (χ3v) is 3.88. The molecule has 0 aromatic heterocycles. The van der Waals surface area contributed by atoms with Crippen LogP contribution in [0.4, 0.5) is 17.1 Å². The van der Waals surface area contributed by atoms with Crippen LogP contribution in [0.1, 0.15) is 6.42 Å². The molecule has 0 aliphatic carbocycles. The maximum atomic E-state index is 11.8. The molecule has 0 heterocycles. The zero-order valence-electron chi connectivity index (χ0n) is 13.9. The van der Waals surface area contributed by atoms with Crippen molar-refractivity contribution in [2.75, 3.05) is 23.8 Å². The van der Waals surface area contributed by atoms with Gasteiger partial charge in [0.1, 0.15) is 5.69 Å². The van der Waals surface area contributed by atoms with Crippen LogP contribution in [0.25, 0.3) is 0 Å². The Morgan fingerprint density at radius 1 is 1.11 bits per heavy atom. The van der Waals surface area contributed by atoms with Crippen LogP contribution in [0, 0.1) is 10.1 Å². The summed E-state index contributed by atoms with van der Waals surface area (Å²) in [6.07, 6.45) is -0.0722. The van der Waals surface area contributed by atoms with Crippen LogP contribution in [0.5, 0.6) is 0 Å². The molecule has 0 aliphatic heterocycles. The molecule has 0 aliphatic rings. The molecule has 0 atom stereocenters. The molecule has 8 nitrogen and oxygen atoms in total. The van der Waals surface area contributed by atoms with E-state index in [-0.39, 0.29) is 18.7 Å². The number of carbonyl (C=O) groups is 2. The van der Waals surface area contributed by atoms with Gasteiger partial charge in [0.05, 0.1) is 22.1 Å². The number of benzene rings is 2. The van der Waals surface area contributed by atoms with Crippen LogP contribution in [-0.2, 0) is 14.3 Å². The number of esters is 1. The molecule has 0 unspecified atom stereocenters. The fourth-order valence-corrected chi connectivity index (χ4v) is 2.42. The van der Waals surface area contributed by atoms with Gasteiger partial charge < -0.3 is 15.4 Å².